The number of aryl methyl sites for hydroxylation is 4. The van der Waals surface area contributed by atoms with Gasteiger partial charge in [0.2, 0.25) is 0 Å². The van der Waals surface area contributed by atoms with E-state index in [9.17, 15) is 0 Å². The fourth-order valence-corrected chi connectivity index (χ4v) is 7.78. The molecule has 0 spiro atoms. The van der Waals surface area contributed by atoms with Crippen LogP contribution in [-0.4, -0.2) is 31.2 Å². The van der Waals surface area contributed by atoms with Gasteiger partial charge in [-0.3, -0.25) is 0 Å². The molecule has 1 aromatic heterocycles. The number of pyridine rings is 1. The molecule has 4 aliphatic heterocycles. The van der Waals surface area contributed by atoms with Gasteiger partial charge >= 0.3 is 0 Å². The second kappa shape index (κ2) is 10.5. The first kappa shape index (κ1) is 25.4. The molecular formula is C38H36N4. The lowest BCUT2D eigenvalue weighted by Gasteiger charge is -2.37. The van der Waals surface area contributed by atoms with Gasteiger partial charge in [0.15, 0.2) is 5.69 Å². The number of nitrogens with zero attached hydrogens (tertiary/aromatic N) is 4. The molecule has 0 N–H and O–H groups in total. The fraction of sp³-hybridized carbons (Fsp3) is 0.316. The monoisotopic (exact) mass is 548 g/mol. The number of hydrogen-bond acceptors (Lipinski definition) is 3. The predicted octanol–water partition coefficient (Wildman–Crippen LogP) is 8.52. The van der Waals surface area contributed by atoms with Crippen LogP contribution in [0.1, 0.15) is 70.3 Å². The van der Waals surface area contributed by atoms with Crippen molar-refractivity contribution < 1.29 is 0 Å². The maximum Gasteiger partial charge on any atom is 0.189 e. The third kappa shape index (κ3) is 4.58. The van der Waals surface area contributed by atoms with Crippen molar-refractivity contribution in [2.24, 2.45) is 0 Å². The average molecular weight is 549 g/mol. The van der Waals surface area contributed by atoms with E-state index in [1.165, 1.54) is 122 Å². The second-order valence-electron chi connectivity index (χ2n) is 12.4. The average Bonchev–Trinajstić information content (AvgIpc) is 3.03. The summed E-state index contributed by atoms with van der Waals surface area (Å²) in [5, 5.41) is 1.08. The summed E-state index contributed by atoms with van der Waals surface area (Å²) < 4.78 is 0. The molecule has 0 fully saturated rings. The Hall–Kier alpha value is -4.36. The van der Waals surface area contributed by atoms with Crippen molar-refractivity contribution in [3.05, 3.63) is 105 Å². The molecule has 208 valence electrons. The lowest BCUT2D eigenvalue weighted by molar-refractivity contribution is 0.634. The molecule has 0 unspecified atom stereocenters. The molecule has 0 saturated heterocycles. The van der Waals surface area contributed by atoms with Crippen molar-refractivity contribution in [3.63, 3.8) is 0 Å². The van der Waals surface area contributed by atoms with Crippen LogP contribution in [0.15, 0.2) is 48.5 Å². The quantitative estimate of drug-likeness (QED) is 0.239. The summed E-state index contributed by atoms with van der Waals surface area (Å²) in [5.41, 5.74) is 15.2. The molecule has 0 aliphatic carbocycles. The Balaban J connectivity index is 1.16. The molecule has 3 aromatic carbocycles. The Morgan fingerprint density at radius 2 is 1.14 bits per heavy atom. The van der Waals surface area contributed by atoms with E-state index in [1.807, 2.05) is 12.1 Å². The van der Waals surface area contributed by atoms with Crippen LogP contribution >= 0.6 is 0 Å². The van der Waals surface area contributed by atoms with Gasteiger partial charge in [0, 0.05) is 42.9 Å². The molecule has 8 rings (SSSR count). The van der Waals surface area contributed by atoms with Crippen molar-refractivity contribution in [3.8, 4) is 0 Å². The molecule has 0 amide bonds. The molecule has 4 aromatic rings. The Labute approximate surface area is 248 Å². The van der Waals surface area contributed by atoms with E-state index >= 15 is 0 Å². The van der Waals surface area contributed by atoms with Crippen LogP contribution in [0, 0.1) is 6.57 Å². The Bertz CT molecular complexity index is 1760. The van der Waals surface area contributed by atoms with E-state index in [1.54, 1.807) is 0 Å². The summed E-state index contributed by atoms with van der Waals surface area (Å²) >= 11 is 0. The Kier molecular flexibility index (Phi) is 6.33. The van der Waals surface area contributed by atoms with Gasteiger partial charge in [-0.25, -0.2) is 9.83 Å². The van der Waals surface area contributed by atoms with E-state index in [0.717, 1.165) is 22.2 Å². The molecule has 0 bridgehead atoms. The van der Waals surface area contributed by atoms with Crippen molar-refractivity contribution in [1.29, 1.82) is 0 Å². The third-order valence-electron chi connectivity index (χ3n) is 9.59. The van der Waals surface area contributed by atoms with Crippen LogP contribution in [0.2, 0.25) is 0 Å². The molecule has 5 heterocycles. The number of anilines is 2. The maximum atomic E-state index is 7.54. The zero-order valence-corrected chi connectivity index (χ0v) is 24.2. The molecule has 0 radical (unpaired) electrons. The highest BCUT2D eigenvalue weighted by Gasteiger charge is 2.25. The van der Waals surface area contributed by atoms with Gasteiger partial charge in [0.1, 0.15) is 0 Å². The smallest absolute Gasteiger partial charge is 0.189 e. The van der Waals surface area contributed by atoms with Gasteiger partial charge in [-0.15, -0.1) is 0 Å². The Morgan fingerprint density at radius 3 is 1.67 bits per heavy atom. The van der Waals surface area contributed by atoms with Gasteiger partial charge in [0.05, 0.1) is 17.8 Å². The number of benzene rings is 3. The third-order valence-corrected chi connectivity index (χ3v) is 9.59. The highest BCUT2D eigenvalue weighted by atomic mass is 15.1. The zero-order chi connectivity index (χ0) is 28.0. The molecule has 0 atom stereocenters. The van der Waals surface area contributed by atoms with Crippen LogP contribution in [0.5, 0.6) is 0 Å². The summed E-state index contributed by atoms with van der Waals surface area (Å²) in [6, 6.07) is 17.6. The van der Waals surface area contributed by atoms with E-state index in [0.29, 0.717) is 5.69 Å². The maximum absolute atomic E-state index is 7.54. The summed E-state index contributed by atoms with van der Waals surface area (Å²) in [6.45, 7) is 12.3. The first-order chi connectivity index (χ1) is 20.7. The van der Waals surface area contributed by atoms with Gasteiger partial charge in [-0.1, -0.05) is 30.4 Å². The zero-order valence-electron chi connectivity index (χ0n) is 24.2. The number of rotatable bonds is 4. The number of fused-ring (bicyclic) bond motifs is 1. The summed E-state index contributed by atoms with van der Waals surface area (Å²) in [6.07, 6.45) is 18.6. The molecular weight excluding hydrogens is 512 g/mol. The SMILES string of the molecule is [C-]#[N+]c1ccc2c(/C=C/c3cc4c5c(c3)CCCN5CCC4)cc(/C=C/c3cc4c5c(c3)CCCN5CCC4)nc2c1. The molecule has 4 heteroatoms. The highest BCUT2D eigenvalue weighted by molar-refractivity contribution is 5.94. The lowest BCUT2D eigenvalue weighted by atomic mass is 9.90. The van der Waals surface area contributed by atoms with E-state index in [-0.39, 0.29) is 0 Å². The standard InChI is InChI=1S/C38H36N4/c1-39-33-14-15-35-28(12-10-26-20-29-6-2-16-41-17-3-7-30(21-26)37(29)41)24-34(40-36(35)25-33)13-11-27-22-31-8-4-18-42-19-5-9-32(23-27)38(31)42/h10-15,20-25H,2-9,16-19H2/b12-10+,13-11+. The van der Waals surface area contributed by atoms with Crippen LogP contribution in [0.3, 0.4) is 0 Å². The van der Waals surface area contributed by atoms with Crippen LogP contribution in [0.4, 0.5) is 17.1 Å². The van der Waals surface area contributed by atoms with Crippen LogP contribution in [-0.2, 0) is 25.7 Å². The van der Waals surface area contributed by atoms with Gasteiger partial charge < -0.3 is 9.80 Å². The van der Waals surface area contributed by atoms with E-state index in [4.69, 9.17) is 11.6 Å². The van der Waals surface area contributed by atoms with Crippen LogP contribution in [0.25, 0.3) is 40.1 Å². The second-order valence-corrected chi connectivity index (χ2v) is 12.4. The lowest BCUT2D eigenvalue weighted by Crippen LogP contribution is -2.34. The van der Waals surface area contributed by atoms with Crippen molar-refractivity contribution >= 4 is 52.3 Å². The normalized spacial score (nSPS) is 17.5. The van der Waals surface area contributed by atoms with Crippen molar-refractivity contribution in [2.75, 3.05) is 36.0 Å². The van der Waals surface area contributed by atoms with E-state index in [2.05, 4.69) is 75.3 Å². The summed E-state index contributed by atoms with van der Waals surface area (Å²) in [5.74, 6) is 0. The minimum atomic E-state index is 0.628. The van der Waals surface area contributed by atoms with E-state index < -0.39 is 0 Å². The predicted molar refractivity (Wildman–Crippen MR) is 176 cm³/mol. The summed E-state index contributed by atoms with van der Waals surface area (Å²) in [7, 11) is 0. The molecule has 42 heavy (non-hydrogen) atoms. The highest BCUT2D eigenvalue weighted by Crippen LogP contribution is 2.38. The first-order valence-corrected chi connectivity index (χ1v) is 15.7. The van der Waals surface area contributed by atoms with Crippen molar-refractivity contribution in [2.45, 2.75) is 51.4 Å². The molecule has 4 nitrogen and oxygen atoms in total. The van der Waals surface area contributed by atoms with Crippen LogP contribution < -0.4 is 9.80 Å². The first-order valence-electron chi connectivity index (χ1n) is 15.7. The minimum absolute atomic E-state index is 0.628. The topological polar surface area (TPSA) is 23.7 Å². The minimum Gasteiger partial charge on any atom is -0.371 e. The summed E-state index contributed by atoms with van der Waals surface area (Å²) in [4.78, 5) is 13.9. The van der Waals surface area contributed by atoms with Gasteiger partial charge in [-0.2, -0.15) is 0 Å². The largest absolute Gasteiger partial charge is 0.371 e. The Morgan fingerprint density at radius 1 is 0.619 bits per heavy atom. The van der Waals surface area contributed by atoms with Gasteiger partial charge in [-0.05, 0) is 133 Å². The fourth-order valence-electron chi connectivity index (χ4n) is 7.78. The molecule has 4 aliphatic rings. The number of hydrogen-bond donors (Lipinski definition) is 0. The van der Waals surface area contributed by atoms with Gasteiger partial charge in [0.25, 0.3) is 0 Å². The molecule has 0 saturated carbocycles. The number of aromatic nitrogens is 1. The van der Waals surface area contributed by atoms with Crippen molar-refractivity contribution in [1.82, 2.24) is 4.98 Å².